The first-order chi connectivity index (χ1) is 9.15. The third-order valence-corrected chi connectivity index (χ3v) is 4.65. The van der Waals surface area contributed by atoms with Crippen LogP contribution < -0.4 is 5.32 Å². The third kappa shape index (κ3) is 3.35. The number of carbonyl (C=O) groups excluding carboxylic acids is 1. The van der Waals surface area contributed by atoms with Gasteiger partial charge in [0.05, 0.1) is 12.1 Å². The molecular weight excluding hydrogens is 262 g/mol. The van der Waals surface area contributed by atoms with Gasteiger partial charge in [-0.2, -0.15) is 0 Å². The van der Waals surface area contributed by atoms with E-state index in [1.54, 1.807) is 25.6 Å². The van der Waals surface area contributed by atoms with Gasteiger partial charge in [-0.25, -0.2) is 0 Å². The minimum Gasteiger partial charge on any atom is -0.354 e. The topological polar surface area (TPSA) is 47.6 Å². The Balaban J connectivity index is 2.00. The van der Waals surface area contributed by atoms with E-state index < -0.39 is 6.29 Å². The van der Waals surface area contributed by atoms with Crippen LogP contribution in [0.2, 0.25) is 0 Å². The van der Waals surface area contributed by atoms with Gasteiger partial charge in [-0.1, -0.05) is 6.92 Å². The van der Waals surface area contributed by atoms with Crippen molar-refractivity contribution in [2.75, 3.05) is 20.8 Å². The van der Waals surface area contributed by atoms with Crippen LogP contribution in [0.5, 0.6) is 0 Å². The van der Waals surface area contributed by atoms with Crippen molar-refractivity contribution in [3.63, 3.8) is 0 Å². The molecule has 1 aliphatic rings. The second-order valence-corrected chi connectivity index (χ2v) is 5.97. The molecule has 0 aromatic carbocycles. The van der Waals surface area contributed by atoms with E-state index in [1.165, 1.54) is 16.9 Å². The molecule has 1 N–H and O–H groups in total. The highest BCUT2D eigenvalue weighted by Gasteiger charge is 2.23. The normalized spacial score (nSPS) is 18.4. The molecule has 0 fully saturated rings. The Bertz CT molecular complexity index is 440. The highest BCUT2D eigenvalue weighted by Crippen LogP contribution is 2.32. The Morgan fingerprint density at radius 1 is 1.53 bits per heavy atom. The average Bonchev–Trinajstić information content (AvgIpc) is 2.82. The largest absolute Gasteiger partial charge is 0.354 e. The van der Waals surface area contributed by atoms with E-state index >= 15 is 0 Å². The van der Waals surface area contributed by atoms with Gasteiger partial charge >= 0.3 is 0 Å². The lowest BCUT2D eigenvalue weighted by molar-refractivity contribution is -0.0974. The summed E-state index contributed by atoms with van der Waals surface area (Å²) in [5, 5.41) is 4.84. The third-order valence-electron chi connectivity index (χ3n) is 3.60. The maximum absolute atomic E-state index is 12.2. The monoisotopic (exact) mass is 283 g/mol. The molecule has 1 amide bonds. The van der Waals surface area contributed by atoms with E-state index in [0.29, 0.717) is 6.54 Å². The molecule has 1 unspecified atom stereocenters. The Kier molecular flexibility index (Phi) is 4.96. The molecule has 4 nitrogen and oxygen atoms in total. The molecule has 0 bridgehead atoms. The molecule has 5 heteroatoms. The van der Waals surface area contributed by atoms with Gasteiger partial charge in [-0.3, -0.25) is 4.79 Å². The molecule has 2 rings (SSSR count). The Hall–Kier alpha value is -0.910. The van der Waals surface area contributed by atoms with Gasteiger partial charge in [0.15, 0.2) is 6.29 Å². The lowest BCUT2D eigenvalue weighted by atomic mass is 9.88. The number of hydrogen-bond acceptors (Lipinski definition) is 4. The van der Waals surface area contributed by atoms with Crippen molar-refractivity contribution in [2.45, 2.75) is 32.5 Å². The van der Waals surface area contributed by atoms with Gasteiger partial charge in [0.25, 0.3) is 5.91 Å². The standard InChI is InChI=1S/C14H21NO3S/c1-9-4-5-10-11(8-19-12(10)6-9)14(16)15-7-13(17-2)18-3/h8-9,13H,4-7H2,1-3H3,(H,15,16). The van der Waals surface area contributed by atoms with E-state index in [9.17, 15) is 4.79 Å². The number of fused-ring (bicyclic) bond motifs is 1. The number of nitrogens with one attached hydrogen (secondary N) is 1. The summed E-state index contributed by atoms with van der Waals surface area (Å²) in [6.45, 7) is 2.64. The van der Waals surface area contributed by atoms with Crippen LogP contribution in [0.3, 0.4) is 0 Å². The predicted molar refractivity (Wildman–Crippen MR) is 75.6 cm³/mol. The number of thiophene rings is 1. The first-order valence-electron chi connectivity index (χ1n) is 6.58. The Labute approximate surface area is 118 Å². The van der Waals surface area contributed by atoms with Gasteiger partial charge in [-0.05, 0) is 30.7 Å². The average molecular weight is 283 g/mol. The maximum atomic E-state index is 12.2. The SMILES string of the molecule is COC(CNC(=O)c1csc2c1CCC(C)C2)OC. The summed E-state index contributed by atoms with van der Waals surface area (Å²) in [7, 11) is 3.13. The lowest BCUT2D eigenvalue weighted by Gasteiger charge is -2.19. The van der Waals surface area contributed by atoms with Crippen molar-refractivity contribution in [1.29, 1.82) is 0 Å². The zero-order valence-corrected chi connectivity index (χ0v) is 12.5. The van der Waals surface area contributed by atoms with E-state index in [4.69, 9.17) is 9.47 Å². The van der Waals surface area contributed by atoms with Crippen LogP contribution in [0.4, 0.5) is 0 Å². The van der Waals surface area contributed by atoms with E-state index in [1.807, 2.05) is 5.38 Å². The molecule has 19 heavy (non-hydrogen) atoms. The van der Waals surface area contributed by atoms with Gasteiger partial charge in [-0.15, -0.1) is 11.3 Å². The fourth-order valence-corrected chi connectivity index (χ4v) is 3.65. The molecule has 0 aliphatic heterocycles. The smallest absolute Gasteiger partial charge is 0.252 e. The lowest BCUT2D eigenvalue weighted by Crippen LogP contribution is -2.34. The summed E-state index contributed by atoms with van der Waals surface area (Å²) in [6, 6.07) is 0. The van der Waals surface area contributed by atoms with Crippen molar-refractivity contribution in [2.24, 2.45) is 5.92 Å². The molecule has 0 spiro atoms. The summed E-state index contributed by atoms with van der Waals surface area (Å²) < 4.78 is 10.1. The highest BCUT2D eigenvalue weighted by molar-refractivity contribution is 7.10. The molecule has 0 saturated heterocycles. The van der Waals surface area contributed by atoms with Gasteiger partial charge in [0, 0.05) is 24.5 Å². The number of rotatable bonds is 5. The predicted octanol–water partition coefficient (Wildman–Crippen LogP) is 2.22. The second-order valence-electron chi connectivity index (χ2n) is 5.01. The van der Waals surface area contributed by atoms with Crippen LogP contribution in [0.1, 0.15) is 34.1 Å². The number of hydrogen-bond donors (Lipinski definition) is 1. The first kappa shape index (κ1) is 14.5. The molecule has 0 radical (unpaired) electrons. The minimum absolute atomic E-state index is 0.0221. The van der Waals surface area contributed by atoms with Gasteiger partial charge in [0.2, 0.25) is 0 Å². The van der Waals surface area contributed by atoms with Crippen LogP contribution in [0.25, 0.3) is 0 Å². The van der Waals surface area contributed by atoms with Crippen LogP contribution in [0, 0.1) is 5.92 Å². The summed E-state index contributed by atoms with van der Waals surface area (Å²) in [4.78, 5) is 13.6. The number of methoxy groups -OCH3 is 2. The molecular formula is C14H21NO3S. The van der Waals surface area contributed by atoms with E-state index in [0.717, 1.165) is 24.3 Å². The number of ether oxygens (including phenoxy) is 2. The molecule has 1 aromatic rings. The second kappa shape index (κ2) is 6.50. The van der Waals surface area contributed by atoms with Crippen molar-refractivity contribution in [3.8, 4) is 0 Å². The fraction of sp³-hybridized carbons (Fsp3) is 0.643. The van der Waals surface area contributed by atoms with Crippen LogP contribution in [0.15, 0.2) is 5.38 Å². The molecule has 1 heterocycles. The number of carbonyl (C=O) groups is 1. The van der Waals surface area contributed by atoms with E-state index in [-0.39, 0.29) is 5.91 Å². The van der Waals surface area contributed by atoms with Crippen molar-refractivity contribution >= 4 is 17.2 Å². The highest BCUT2D eigenvalue weighted by atomic mass is 32.1. The molecule has 1 atom stereocenters. The Morgan fingerprint density at radius 2 is 2.26 bits per heavy atom. The van der Waals surface area contributed by atoms with E-state index in [2.05, 4.69) is 12.2 Å². The van der Waals surface area contributed by atoms with Crippen molar-refractivity contribution in [3.05, 3.63) is 21.4 Å². The van der Waals surface area contributed by atoms with Crippen LogP contribution in [-0.4, -0.2) is 33.0 Å². The molecule has 1 aromatic heterocycles. The zero-order chi connectivity index (χ0) is 13.8. The number of amides is 1. The summed E-state index contributed by atoms with van der Waals surface area (Å²) in [5.74, 6) is 0.708. The van der Waals surface area contributed by atoms with Gasteiger partial charge in [0.1, 0.15) is 0 Å². The molecule has 0 saturated carbocycles. The van der Waals surface area contributed by atoms with Crippen LogP contribution >= 0.6 is 11.3 Å². The zero-order valence-electron chi connectivity index (χ0n) is 11.7. The fourth-order valence-electron chi connectivity index (χ4n) is 2.40. The minimum atomic E-state index is -0.390. The molecule has 1 aliphatic carbocycles. The Morgan fingerprint density at radius 3 is 2.95 bits per heavy atom. The van der Waals surface area contributed by atoms with Gasteiger partial charge < -0.3 is 14.8 Å². The van der Waals surface area contributed by atoms with Crippen LogP contribution in [-0.2, 0) is 22.3 Å². The quantitative estimate of drug-likeness (QED) is 0.843. The van der Waals surface area contributed by atoms with Crippen molar-refractivity contribution < 1.29 is 14.3 Å². The van der Waals surface area contributed by atoms with Crippen molar-refractivity contribution in [1.82, 2.24) is 5.32 Å². The molecule has 106 valence electrons. The summed E-state index contributed by atoms with van der Waals surface area (Å²) in [5.41, 5.74) is 2.07. The summed E-state index contributed by atoms with van der Waals surface area (Å²) >= 11 is 1.71. The maximum Gasteiger partial charge on any atom is 0.252 e. The summed E-state index contributed by atoms with van der Waals surface area (Å²) in [6.07, 6.45) is 2.90. The first-order valence-corrected chi connectivity index (χ1v) is 7.46.